The van der Waals surface area contributed by atoms with Gasteiger partial charge in [-0.15, -0.1) is 0 Å². The Bertz CT molecular complexity index is 1700. The third-order valence-electron chi connectivity index (χ3n) is 8.73. The van der Waals surface area contributed by atoms with E-state index in [9.17, 15) is 38.4 Å². The van der Waals surface area contributed by atoms with Gasteiger partial charge in [0.25, 0.3) is 0 Å². The molecule has 2 fully saturated rings. The summed E-state index contributed by atoms with van der Waals surface area (Å²) in [6, 6.07) is 3.70. The van der Waals surface area contributed by atoms with Crippen molar-refractivity contribution in [2.24, 2.45) is 5.92 Å². The lowest BCUT2D eigenvalue weighted by Gasteiger charge is -2.27. The lowest BCUT2D eigenvalue weighted by molar-refractivity contribution is -0.140. The van der Waals surface area contributed by atoms with E-state index in [4.69, 9.17) is 9.52 Å². The highest BCUT2D eigenvalue weighted by Crippen LogP contribution is 2.23. The minimum Gasteiger partial charge on any atom is -0.481 e. The van der Waals surface area contributed by atoms with Crippen molar-refractivity contribution in [2.45, 2.75) is 83.8 Å². The number of nitrogens with zero attached hydrogens (tertiary/aromatic N) is 2. The summed E-state index contributed by atoms with van der Waals surface area (Å²) in [6.07, 6.45) is 1.49. The molecule has 2 saturated heterocycles. The van der Waals surface area contributed by atoms with Crippen molar-refractivity contribution in [1.29, 1.82) is 0 Å². The summed E-state index contributed by atoms with van der Waals surface area (Å²) in [5, 5.41) is 19.9. The molecule has 0 spiro atoms. The van der Waals surface area contributed by atoms with Crippen LogP contribution in [0.1, 0.15) is 64.4 Å². The maximum Gasteiger partial charge on any atom is 0.336 e. The van der Waals surface area contributed by atoms with Gasteiger partial charge in [0.15, 0.2) is 0 Å². The van der Waals surface area contributed by atoms with Crippen LogP contribution >= 0.6 is 0 Å². The van der Waals surface area contributed by atoms with Gasteiger partial charge in [0.1, 0.15) is 23.7 Å². The van der Waals surface area contributed by atoms with Crippen molar-refractivity contribution in [3.8, 4) is 0 Å². The smallest absolute Gasteiger partial charge is 0.336 e. The lowest BCUT2D eigenvalue weighted by Crippen LogP contribution is -2.55. The summed E-state index contributed by atoms with van der Waals surface area (Å²) >= 11 is 0. The predicted molar refractivity (Wildman–Crippen MR) is 180 cm³/mol. The molecule has 2 aromatic rings. The van der Waals surface area contributed by atoms with Crippen molar-refractivity contribution >= 4 is 58.1 Å². The molecule has 16 heteroatoms. The van der Waals surface area contributed by atoms with Crippen molar-refractivity contribution in [3.05, 3.63) is 40.2 Å². The van der Waals surface area contributed by atoms with Gasteiger partial charge in [0, 0.05) is 42.7 Å². The number of benzene rings is 1. The molecule has 0 radical (unpaired) electrons. The van der Waals surface area contributed by atoms with Crippen LogP contribution in [0.4, 0.5) is 5.69 Å². The monoisotopic (exact) mass is 696 g/mol. The molecule has 16 nitrogen and oxygen atoms in total. The molecule has 2 aliphatic rings. The van der Waals surface area contributed by atoms with Gasteiger partial charge in [0.2, 0.25) is 35.4 Å². The van der Waals surface area contributed by atoms with Crippen LogP contribution in [0.25, 0.3) is 11.0 Å². The first-order chi connectivity index (χ1) is 23.7. The zero-order chi connectivity index (χ0) is 36.5. The number of aryl methyl sites for hydroxylation is 1. The Morgan fingerprint density at radius 2 is 1.50 bits per heavy atom. The molecule has 5 N–H and O–H groups in total. The molecule has 3 atom stereocenters. The number of carbonyl (C=O) groups excluding carboxylic acids is 6. The second-order valence-corrected chi connectivity index (χ2v) is 13.0. The van der Waals surface area contributed by atoms with Crippen LogP contribution in [0.5, 0.6) is 0 Å². The number of hydrogen-bond acceptors (Lipinski definition) is 9. The van der Waals surface area contributed by atoms with Gasteiger partial charge < -0.3 is 40.6 Å². The van der Waals surface area contributed by atoms with Crippen LogP contribution in [-0.4, -0.2) is 101 Å². The first-order valence-electron chi connectivity index (χ1n) is 16.7. The van der Waals surface area contributed by atoms with Crippen molar-refractivity contribution in [2.75, 3.05) is 31.5 Å². The molecule has 1 aromatic carbocycles. The molecule has 0 unspecified atom stereocenters. The van der Waals surface area contributed by atoms with Crippen LogP contribution in [0.2, 0.25) is 0 Å². The molecular formula is C34H44N6O10. The summed E-state index contributed by atoms with van der Waals surface area (Å²) in [7, 11) is 0. The molecule has 6 amide bonds. The van der Waals surface area contributed by atoms with E-state index >= 15 is 0 Å². The number of carbonyl (C=O) groups is 7. The average molecular weight is 697 g/mol. The molecule has 3 heterocycles. The second kappa shape index (κ2) is 16.9. The standard InChI is InChI=1S/C34H44N6O10/c1-19(2)14-23(38-34(49)25-7-5-13-40(25)28(42)17-35-27(41)10-11-30(44)45)32(47)36-18-29(43)39-12-4-6-24(39)33(48)37-21-8-9-22-20(3)15-31(46)50-26(22)16-21/h8-9,15-16,19,23-25H,4-7,10-14,17-18H2,1-3H3,(H,35,41)(H,36,47)(H,37,48)(H,38,49)(H,44,45)/t23-,24+,25+/m1/s1. The van der Waals surface area contributed by atoms with Crippen molar-refractivity contribution < 1.29 is 43.1 Å². The average Bonchev–Trinajstić information content (AvgIpc) is 3.75. The Hall–Kier alpha value is -5.28. The van der Waals surface area contributed by atoms with E-state index in [-0.39, 0.29) is 31.7 Å². The van der Waals surface area contributed by atoms with E-state index in [0.717, 1.165) is 10.9 Å². The maximum atomic E-state index is 13.3. The van der Waals surface area contributed by atoms with Crippen LogP contribution < -0.4 is 26.9 Å². The van der Waals surface area contributed by atoms with Gasteiger partial charge in [0.05, 0.1) is 19.5 Å². The van der Waals surface area contributed by atoms with E-state index in [2.05, 4.69) is 21.3 Å². The highest BCUT2D eigenvalue weighted by Gasteiger charge is 2.37. The predicted octanol–water partition coefficient (Wildman–Crippen LogP) is 0.650. The van der Waals surface area contributed by atoms with Crippen LogP contribution in [0.3, 0.4) is 0 Å². The first-order valence-corrected chi connectivity index (χ1v) is 16.7. The third-order valence-corrected chi connectivity index (χ3v) is 8.73. The first kappa shape index (κ1) is 37.5. The molecule has 50 heavy (non-hydrogen) atoms. The number of fused-ring (bicyclic) bond motifs is 1. The number of hydrogen-bond donors (Lipinski definition) is 5. The Kier molecular flexibility index (Phi) is 12.7. The van der Waals surface area contributed by atoms with Gasteiger partial charge in [-0.1, -0.05) is 13.8 Å². The fraction of sp³-hybridized carbons (Fsp3) is 0.529. The molecule has 0 aliphatic carbocycles. The minimum atomic E-state index is -1.14. The topological polar surface area (TPSA) is 225 Å². The Labute approximate surface area is 288 Å². The van der Waals surface area contributed by atoms with E-state index < -0.39 is 78.3 Å². The van der Waals surface area contributed by atoms with Crippen molar-refractivity contribution in [1.82, 2.24) is 25.8 Å². The zero-order valence-corrected chi connectivity index (χ0v) is 28.4. The number of carboxylic acids is 1. The Morgan fingerprint density at radius 1 is 0.880 bits per heavy atom. The highest BCUT2D eigenvalue weighted by molar-refractivity contribution is 6.00. The van der Waals surface area contributed by atoms with Gasteiger partial charge in [-0.3, -0.25) is 33.6 Å². The van der Waals surface area contributed by atoms with Crippen LogP contribution in [-0.2, 0) is 33.6 Å². The summed E-state index contributed by atoms with van der Waals surface area (Å²) < 4.78 is 5.26. The maximum absolute atomic E-state index is 13.3. The fourth-order valence-corrected chi connectivity index (χ4v) is 6.25. The number of carboxylic acid groups (broad SMARTS) is 1. The van der Waals surface area contributed by atoms with E-state index in [1.54, 1.807) is 25.1 Å². The summed E-state index contributed by atoms with van der Waals surface area (Å²) in [6.45, 7) is 5.32. The third kappa shape index (κ3) is 9.89. The summed E-state index contributed by atoms with van der Waals surface area (Å²) in [4.78, 5) is 103. The summed E-state index contributed by atoms with van der Waals surface area (Å²) in [5.41, 5.74) is 0.959. The Morgan fingerprint density at radius 3 is 2.12 bits per heavy atom. The SMILES string of the molecule is Cc1cc(=O)oc2cc(NC(=O)[C@@H]3CCCN3C(=O)CNC(=O)[C@@H](CC(C)C)NC(=O)[C@@H]3CCCN3C(=O)CNC(=O)CCC(=O)O)ccc12. The van der Waals surface area contributed by atoms with Gasteiger partial charge in [-0.2, -0.15) is 0 Å². The minimum absolute atomic E-state index is 0.0113. The zero-order valence-electron chi connectivity index (χ0n) is 28.4. The molecule has 270 valence electrons. The van der Waals surface area contributed by atoms with Crippen LogP contribution in [0, 0.1) is 12.8 Å². The van der Waals surface area contributed by atoms with E-state index in [1.165, 1.54) is 15.9 Å². The largest absolute Gasteiger partial charge is 0.481 e. The summed E-state index contributed by atoms with van der Waals surface area (Å²) in [5.74, 6) is -4.27. The van der Waals surface area contributed by atoms with E-state index in [1.807, 2.05) is 13.8 Å². The molecule has 4 rings (SSSR count). The fourth-order valence-electron chi connectivity index (χ4n) is 6.25. The number of anilines is 1. The second-order valence-electron chi connectivity index (χ2n) is 13.0. The quantitative estimate of drug-likeness (QED) is 0.173. The number of likely N-dealkylation sites (tertiary alicyclic amines) is 2. The lowest BCUT2D eigenvalue weighted by atomic mass is 10.0. The molecule has 0 bridgehead atoms. The van der Waals surface area contributed by atoms with Gasteiger partial charge in [-0.25, -0.2) is 4.79 Å². The molecular weight excluding hydrogens is 652 g/mol. The normalized spacial score (nSPS) is 17.8. The van der Waals surface area contributed by atoms with E-state index in [0.29, 0.717) is 43.5 Å². The van der Waals surface area contributed by atoms with Gasteiger partial charge in [-0.05, 0) is 62.6 Å². The Balaban J connectivity index is 1.32. The highest BCUT2D eigenvalue weighted by atomic mass is 16.4. The molecule has 0 saturated carbocycles. The molecule has 2 aliphatic heterocycles. The number of nitrogens with one attached hydrogen (secondary N) is 4. The van der Waals surface area contributed by atoms with Gasteiger partial charge >= 0.3 is 11.6 Å². The number of rotatable bonds is 14. The number of aliphatic carboxylic acids is 1. The number of amides is 6. The van der Waals surface area contributed by atoms with Crippen molar-refractivity contribution in [3.63, 3.8) is 0 Å². The van der Waals surface area contributed by atoms with Crippen LogP contribution in [0.15, 0.2) is 33.5 Å². The molecule has 1 aromatic heterocycles.